The van der Waals surface area contributed by atoms with Crippen molar-refractivity contribution in [1.82, 2.24) is 13.9 Å². The molecule has 0 aliphatic carbocycles. The van der Waals surface area contributed by atoms with Crippen LogP contribution in [0, 0.1) is 0 Å². The van der Waals surface area contributed by atoms with E-state index in [4.69, 9.17) is 0 Å². The van der Waals surface area contributed by atoms with Crippen LogP contribution in [0.4, 0.5) is 0 Å². The molecule has 16 heavy (non-hydrogen) atoms. The monoisotopic (exact) mass is 265 g/mol. The summed E-state index contributed by atoms with van der Waals surface area (Å²) in [4.78, 5) is 0. The van der Waals surface area contributed by atoms with Crippen molar-refractivity contribution in [1.29, 1.82) is 0 Å². The number of hydrogen-bond acceptors (Lipinski definition) is 4. The quantitative estimate of drug-likeness (QED) is 0.736. The van der Waals surface area contributed by atoms with E-state index in [-0.39, 0.29) is 6.04 Å². The maximum atomic E-state index is 12.4. The number of thioether (sulfide) groups is 1. The molecule has 0 bridgehead atoms. The van der Waals surface area contributed by atoms with E-state index < -0.39 is 10.2 Å². The maximum absolute atomic E-state index is 12.4. The highest BCUT2D eigenvalue weighted by atomic mass is 32.2. The molecule has 2 saturated heterocycles. The molecule has 2 heterocycles. The van der Waals surface area contributed by atoms with Crippen LogP contribution in [0.15, 0.2) is 0 Å². The van der Waals surface area contributed by atoms with Gasteiger partial charge in [0.2, 0.25) is 0 Å². The molecule has 7 heteroatoms. The highest BCUT2D eigenvalue weighted by molar-refractivity contribution is 7.99. The van der Waals surface area contributed by atoms with E-state index in [1.807, 2.05) is 18.7 Å². The second-order valence-corrected chi connectivity index (χ2v) is 7.22. The molecule has 2 fully saturated rings. The van der Waals surface area contributed by atoms with Crippen LogP contribution in [0.25, 0.3) is 0 Å². The standard InChI is InChI=1S/C9H19N3O2S2/c1-9-8-15-7-6-12(9)16(13,14)11-4-2-10-3-5-11/h9-10H,2-8H2,1H3. The van der Waals surface area contributed by atoms with E-state index in [2.05, 4.69) is 5.32 Å². The van der Waals surface area contributed by atoms with Gasteiger partial charge in [-0.3, -0.25) is 0 Å². The van der Waals surface area contributed by atoms with Crippen LogP contribution in [0.5, 0.6) is 0 Å². The lowest BCUT2D eigenvalue weighted by Gasteiger charge is -2.37. The minimum absolute atomic E-state index is 0.124. The molecule has 5 nitrogen and oxygen atoms in total. The molecule has 1 atom stereocenters. The van der Waals surface area contributed by atoms with Crippen molar-refractivity contribution in [2.45, 2.75) is 13.0 Å². The van der Waals surface area contributed by atoms with Crippen LogP contribution in [0.3, 0.4) is 0 Å². The fourth-order valence-corrected chi connectivity index (χ4v) is 5.09. The molecule has 0 radical (unpaired) electrons. The van der Waals surface area contributed by atoms with Crippen LogP contribution in [-0.2, 0) is 10.2 Å². The Hall–Kier alpha value is 0.180. The largest absolute Gasteiger partial charge is 0.314 e. The maximum Gasteiger partial charge on any atom is 0.282 e. The van der Waals surface area contributed by atoms with Crippen molar-refractivity contribution < 1.29 is 8.42 Å². The van der Waals surface area contributed by atoms with Gasteiger partial charge in [-0.1, -0.05) is 0 Å². The topological polar surface area (TPSA) is 52.7 Å². The first kappa shape index (κ1) is 12.6. The van der Waals surface area contributed by atoms with Gasteiger partial charge in [0, 0.05) is 50.3 Å². The zero-order valence-corrected chi connectivity index (χ0v) is 11.2. The number of nitrogens with zero attached hydrogens (tertiary/aromatic N) is 2. The molecule has 0 aromatic carbocycles. The molecule has 0 aromatic rings. The van der Waals surface area contributed by atoms with Crippen LogP contribution in [0.2, 0.25) is 0 Å². The van der Waals surface area contributed by atoms with Gasteiger partial charge in [-0.05, 0) is 6.92 Å². The molecule has 0 aromatic heterocycles. The first-order valence-corrected chi connectivity index (χ1v) is 8.23. The first-order chi connectivity index (χ1) is 7.62. The van der Waals surface area contributed by atoms with Gasteiger partial charge in [0.1, 0.15) is 0 Å². The summed E-state index contributed by atoms with van der Waals surface area (Å²) in [5, 5.41) is 3.17. The third-order valence-electron chi connectivity index (χ3n) is 3.01. The Morgan fingerprint density at radius 1 is 1.25 bits per heavy atom. The highest BCUT2D eigenvalue weighted by Crippen LogP contribution is 2.21. The number of rotatable bonds is 2. The van der Waals surface area contributed by atoms with Gasteiger partial charge in [0.15, 0.2) is 0 Å². The molecule has 0 spiro atoms. The Kier molecular flexibility index (Phi) is 4.12. The van der Waals surface area contributed by atoms with Gasteiger partial charge in [-0.25, -0.2) is 0 Å². The number of piperazine rings is 1. The summed E-state index contributed by atoms with van der Waals surface area (Å²) in [6, 6.07) is 0.124. The summed E-state index contributed by atoms with van der Waals surface area (Å²) >= 11 is 1.83. The zero-order valence-electron chi connectivity index (χ0n) is 9.55. The van der Waals surface area contributed by atoms with Gasteiger partial charge in [0.05, 0.1) is 0 Å². The van der Waals surface area contributed by atoms with Gasteiger partial charge in [-0.2, -0.15) is 28.8 Å². The second kappa shape index (κ2) is 5.22. The van der Waals surface area contributed by atoms with E-state index in [1.54, 1.807) is 8.61 Å². The molecule has 94 valence electrons. The fourth-order valence-electron chi connectivity index (χ4n) is 2.08. The lowest BCUT2D eigenvalue weighted by molar-refractivity contribution is 0.293. The Labute approximate surface area is 102 Å². The highest BCUT2D eigenvalue weighted by Gasteiger charge is 2.35. The smallest absolute Gasteiger partial charge is 0.282 e. The van der Waals surface area contributed by atoms with E-state index in [0.717, 1.165) is 24.6 Å². The second-order valence-electron chi connectivity index (χ2n) is 4.19. The van der Waals surface area contributed by atoms with Crippen molar-refractivity contribution in [2.75, 3.05) is 44.2 Å². The summed E-state index contributed by atoms with van der Waals surface area (Å²) in [5.41, 5.74) is 0. The SMILES string of the molecule is CC1CSCCN1S(=O)(=O)N1CCNCC1. The molecule has 2 rings (SSSR count). The third kappa shape index (κ3) is 2.53. The van der Waals surface area contributed by atoms with E-state index >= 15 is 0 Å². The van der Waals surface area contributed by atoms with Gasteiger partial charge in [-0.15, -0.1) is 0 Å². The van der Waals surface area contributed by atoms with Gasteiger partial charge in [0.25, 0.3) is 10.2 Å². The molecule has 1 N–H and O–H groups in total. The molecular formula is C9H19N3O2S2. The third-order valence-corrected chi connectivity index (χ3v) is 6.35. The predicted octanol–water partition coefficient (Wildman–Crippen LogP) is -0.426. The van der Waals surface area contributed by atoms with Crippen LogP contribution in [0.1, 0.15) is 6.92 Å². The predicted molar refractivity (Wildman–Crippen MR) is 66.9 cm³/mol. The summed E-state index contributed by atoms with van der Waals surface area (Å²) < 4.78 is 28.0. The van der Waals surface area contributed by atoms with E-state index in [1.165, 1.54) is 0 Å². The molecule has 2 aliphatic heterocycles. The van der Waals surface area contributed by atoms with Crippen molar-refractivity contribution >= 4 is 22.0 Å². The summed E-state index contributed by atoms with van der Waals surface area (Å²) in [6.45, 7) is 5.35. The lowest BCUT2D eigenvalue weighted by Crippen LogP contribution is -2.55. The van der Waals surface area contributed by atoms with Crippen molar-refractivity contribution in [3.63, 3.8) is 0 Å². The molecule has 1 unspecified atom stereocenters. The minimum Gasteiger partial charge on any atom is -0.314 e. The summed E-state index contributed by atoms with van der Waals surface area (Å²) in [7, 11) is -3.22. The Bertz CT molecular complexity index is 328. The van der Waals surface area contributed by atoms with E-state index in [9.17, 15) is 8.42 Å². The lowest BCUT2D eigenvalue weighted by atomic mass is 10.4. The summed E-state index contributed by atoms with van der Waals surface area (Å²) in [5.74, 6) is 1.82. The average molecular weight is 265 g/mol. The van der Waals surface area contributed by atoms with Crippen LogP contribution in [-0.4, -0.2) is 67.3 Å². The Morgan fingerprint density at radius 3 is 2.56 bits per heavy atom. The number of hydrogen-bond donors (Lipinski definition) is 1. The molecular weight excluding hydrogens is 246 g/mol. The normalized spacial score (nSPS) is 30.4. The minimum atomic E-state index is -3.22. The van der Waals surface area contributed by atoms with Crippen LogP contribution >= 0.6 is 11.8 Å². The van der Waals surface area contributed by atoms with Gasteiger partial charge < -0.3 is 5.32 Å². The first-order valence-electron chi connectivity index (χ1n) is 5.68. The average Bonchev–Trinajstić information content (AvgIpc) is 2.30. The van der Waals surface area contributed by atoms with Crippen molar-refractivity contribution in [3.05, 3.63) is 0 Å². The molecule has 0 saturated carbocycles. The van der Waals surface area contributed by atoms with Crippen molar-refractivity contribution in [2.24, 2.45) is 0 Å². The van der Waals surface area contributed by atoms with Gasteiger partial charge >= 0.3 is 0 Å². The summed E-state index contributed by atoms with van der Waals surface area (Å²) in [6.07, 6.45) is 0. The number of nitrogens with one attached hydrogen (secondary N) is 1. The fraction of sp³-hybridized carbons (Fsp3) is 1.00. The molecule has 0 amide bonds. The van der Waals surface area contributed by atoms with Crippen molar-refractivity contribution in [3.8, 4) is 0 Å². The van der Waals surface area contributed by atoms with Crippen LogP contribution < -0.4 is 5.32 Å². The van der Waals surface area contributed by atoms with E-state index in [0.29, 0.717) is 19.6 Å². The zero-order chi connectivity index (χ0) is 11.6. The Morgan fingerprint density at radius 2 is 1.94 bits per heavy atom. The molecule has 2 aliphatic rings. The Balaban J connectivity index is 2.10.